The van der Waals surface area contributed by atoms with Crippen LogP contribution in [-0.2, 0) is 14.3 Å². The van der Waals surface area contributed by atoms with E-state index in [-0.39, 0.29) is 12.8 Å². The number of nitrogens with one attached hydrogen (secondary N) is 1. The summed E-state index contributed by atoms with van der Waals surface area (Å²) in [5.74, 6) is -0.711. The van der Waals surface area contributed by atoms with Gasteiger partial charge in [0, 0.05) is 0 Å². The molecule has 1 fully saturated rings. The van der Waals surface area contributed by atoms with Gasteiger partial charge in [-0.3, -0.25) is 4.79 Å². The molecule has 9 atom stereocenters. The second-order valence-corrected chi connectivity index (χ2v) is 24.9. The van der Waals surface area contributed by atoms with Crippen molar-refractivity contribution in [3.63, 3.8) is 0 Å². The van der Waals surface area contributed by atoms with Gasteiger partial charge in [0.2, 0.25) is 5.91 Å². The molecule has 1 aliphatic heterocycles. The fraction of sp³-hybridized carbons (Fsp3) is 0.849. The smallest absolute Gasteiger partial charge is 0.249 e. The topological polar surface area (TPSA) is 189 Å². The van der Waals surface area contributed by atoms with Gasteiger partial charge in [-0.15, -0.1) is 0 Å². The van der Waals surface area contributed by atoms with E-state index >= 15 is 0 Å². The predicted octanol–water partition coefficient (Wildman–Crippen LogP) is 17.3. The summed E-state index contributed by atoms with van der Waals surface area (Å²) < 4.78 is 11.2. The number of hydrogen-bond acceptors (Lipinski definition) is 10. The quantitative estimate of drug-likeness (QED) is 0.0215. The van der Waals surface area contributed by atoms with Crippen molar-refractivity contribution in [1.82, 2.24) is 5.32 Å². The number of amides is 1. The molecule has 84 heavy (non-hydrogen) atoms. The lowest BCUT2D eigenvalue weighted by Gasteiger charge is -2.40. The lowest BCUT2D eigenvalue weighted by atomic mass is 9.98. The number of unbranched alkanes of at least 4 members (excludes halogenated alkanes) is 40. The predicted molar refractivity (Wildman–Crippen MR) is 353 cm³/mol. The Kier molecular flexibility index (Phi) is 58.0. The van der Waals surface area contributed by atoms with Gasteiger partial charge < -0.3 is 50.5 Å². The molecule has 1 aliphatic rings. The van der Waals surface area contributed by atoms with Crippen LogP contribution >= 0.6 is 0 Å². The number of ether oxygens (including phenoxy) is 2. The molecule has 0 aromatic rings. The second-order valence-electron chi connectivity index (χ2n) is 24.9. The Labute approximate surface area is 516 Å². The molecule has 8 N–H and O–H groups in total. The standard InChI is InChI=1S/C73H135NO10/c1-3-5-7-9-11-13-15-17-19-21-23-25-27-29-31-33-35-36-38-40-42-44-46-48-50-52-54-56-58-60-65(76)68(78)64(63-83-73-71(81)70(80)69(79)67(62-75)84-73)74-72(82)66(77)61-59-57-55-53-51-49-47-45-43-41-39-37-34-32-30-28-26-24-22-20-18-16-14-12-10-8-6-4-2/h24,26,30,32,36,38,44,46,52,54,64-71,73,75-81H,3-23,25,27-29,31,33-35,37,39-43,45,47-51,53,55-63H2,1-2H3,(H,74,82)/b26-24-,32-30-,38-36+,46-44+,54-52+. The third-order valence-electron chi connectivity index (χ3n) is 17.0. The number of allylic oxidation sites excluding steroid dienone is 10. The summed E-state index contributed by atoms with van der Waals surface area (Å²) in [7, 11) is 0. The number of rotatable bonds is 62. The van der Waals surface area contributed by atoms with Crippen LogP contribution in [0.3, 0.4) is 0 Å². The molecule has 0 radical (unpaired) electrons. The van der Waals surface area contributed by atoms with Crippen LogP contribution in [0.25, 0.3) is 0 Å². The van der Waals surface area contributed by atoms with Gasteiger partial charge in [-0.05, 0) is 96.3 Å². The van der Waals surface area contributed by atoms with Crippen LogP contribution in [-0.4, -0.2) is 110 Å². The van der Waals surface area contributed by atoms with Gasteiger partial charge in [0.1, 0.15) is 36.6 Å². The van der Waals surface area contributed by atoms with Crippen LogP contribution in [0.2, 0.25) is 0 Å². The van der Waals surface area contributed by atoms with E-state index in [0.717, 1.165) is 51.4 Å². The summed E-state index contributed by atoms with van der Waals surface area (Å²) >= 11 is 0. The Hall–Kier alpha value is -2.19. The summed E-state index contributed by atoms with van der Waals surface area (Å²) in [4.78, 5) is 13.3. The first-order valence-electron chi connectivity index (χ1n) is 35.7. The van der Waals surface area contributed by atoms with Crippen LogP contribution in [0.1, 0.15) is 328 Å². The average molecular weight is 1190 g/mol. The van der Waals surface area contributed by atoms with Crippen molar-refractivity contribution in [1.29, 1.82) is 0 Å². The van der Waals surface area contributed by atoms with Gasteiger partial charge in [0.15, 0.2) is 6.29 Å². The minimum atomic E-state index is -1.68. The third-order valence-corrected chi connectivity index (χ3v) is 17.0. The summed E-state index contributed by atoms with van der Waals surface area (Å²) in [6.45, 7) is 3.48. The highest BCUT2D eigenvalue weighted by atomic mass is 16.7. The van der Waals surface area contributed by atoms with Crippen molar-refractivity contribution in [3.8, 4) is 0 Å². The zero-order valence-electron chi connectivity index (χ0n) is 54.4. The molecular weight excluding hydrogens is 1050 g/mol. The maximum Gasteiger partial charge on any atom is 0.249 e. The molecule has 0 bridgehead atoms. The summed E-state index contributed by atoms with van der Waals surface area (Å²) in [5.41, 5.74) is 0. The molecule has 0 aromatic heterocycles. The van der Waals surface area contributed by atoms with E-state index in [4.69, 9.17) is 9.47 Å². The summed E-state index contributed by atoms with van der Waals surface area (Å²) in [6, 6.07) is -1.20. The summed E-state index contributed by atoms with van der Waals surface area (Å²) in [5, 5.41) is 76.5. The molecule has 1 amide bonds. The van der Waals surface area contributed by atoms with E-state index < -0.39 is 74.2 Å². The van der Waals surface area contributed by atoms with Gasteiger partial charge in [0.05, 0.1) is 25.4 Å². The van der Waals surface area contributed by atoms with E-state index in [0.29, 0.717) is 19.3 Å². The van der Waals surface area contributed by atoms with Gasteiger partial charge >= 0.3 is 0 Å². The number of hydrogen-bond donors (Lipinski definition) is 8. The van der Waals surface area contributed by atoms with Crippen LogP contribution in [0.15, 0.2) is 60.8 Å². The maximum atomic E-state index is 13.3. The third kappa shape index (κ3) is 47.8. The number of carbonyl (C=O) groups excluding carboxylic acids is 1. The minimum absolute atomic E-state index is 0.240. The normalized spacial score (nSPS) is 19.3. The van der Waals surface area contributed by atoms with Gasteiger partial charge in [-0.1, -0.05) is 293 Å². The van der Waals surface area contributed by atoms with Crippen molar-refractivity contribution >= 4 is 5.91 Å². The number of aliphatic hydroxyl groups excluding tert-OH is 7. The Morgan fingerprint density at radius 3 is 1.13 bits per heavy atom. The highest BCUT2D eigenvalue weighted by molar-refractivity contribution is 5.80. The van der Waals surface area contributed by atoms with Gasteiger partial charge in [-0.25, -0.2) is 0 Å². The lowest BCUT2D eigenvalue weighted by Crippen LogP contribution is -2.60. The molecule has 9 unspecified atom stereocenters. The molecule has 492 valence electrons. The van der Waals surface area contributed by atoms with Crippen LogP contribution in [0, 0.1) is 0 Å². The Bertz CT molecular complexity index is 1550. The van der Waals surface area contributed by atoms with E-state index in [9.17, 15) is 40.5 Å². The molecule has 1 heterocycles. The van der Waals surface area contributed by atoms with Crippen molar-refractivity contribution in [2.75, 3.05) is 13.2 Å². The van der Waals surface area contributed by atoms with E-state index in [1.807, 2.05) is 0 Å². The van der Waals surface area contributed by atoms with Crippen molar-refractivity contribution < 1.29 is 50.0 Å². The molecule has 1 saturated heterocycles. The summed E-state index contributed by atoms with van der Waals surface area (Å²) in [6.07, 6.45) is 70.2. The number of carbonyl (C=O) groups is 1. The molecule has 0 spiro atoms. The SMILES string of the molecule is CCCCCCCCCCC/C=C\C/C=C\CCCCCCCCCCCCCCC(O)C(=O)NC(COC1OC(CO)C(O)C(O)C1O)C(O)C(O)CCC/C=C/CC/C=C/CC/C=C/CCCCCCCCCCCCCCCCCC. The van der Waals surface area contributed by atoms with Crippen LogP contribution in [0.5, 0.6) is 0 Å². The molecule has 11 heteroatoms. The van der Waals surface area contributed by atoms with Gasteiger partial charge in [-0.2, -0.15) is 0 Å². The Balaban J connectivity index is 2.25. The first kappa shape index (κ1) is 79.8. The maximum absolute atomic E-state index is 13.3. The molecule has 1 rings (SSSR count). The van der Waals surface area contributed by atoms with E-state index in [2.05, 4.69) is 79.9 Å². The highest BCUT2D eigenvalue weighted by Gasteiger charge is 2.44. The van der Waals surface area contributed by atoms with E-state index in [1.165, 1.54) is 231 Å². The van der Waals surface area contributed by atoms with Crippen molar-refractivity contribution in [2.24, 2.45) is 0 Å². The van der Waals surface area contributed by atoms with Gasteiger partial charge in [0.25, 0.3) is 0 Å². The Morgan fingerprint density at radius 1 is 0.417 bits per heavy atom. The highest BCUT2D eigenvalue weighted by Crippen LogP contribution is 2.24. The Morgan fingerprint density at radius 2 is 0.750 bits per heavy atom. The largest absolute Gasteiger partial charge is 0.394 e. The molecule has 11 nitrogen and oxygen atoms in total. The first-order valence-corrected chi connectivity index (χ1v) is 35.7. The zero-order chi connectivity index (χ0) is 61.0. The molecule has 0 saturated carbocycles. The monoisotopic (exact) mass is 1190 g/mol. The van der Waals surface area contributed by atoms with Crippen molar-refractivity contribution in [3.05, 3.63) is 60.8 Å². The molecule has 0 aromatic carbocycles. The second kappa shape index (κ2) is 61.1. The zero-order valence-corrected chi connectivity index (χ0v) is 54.4. The molecule has 0 aliphatic carbocycles. The number of aliphatic hydroxyl groups is 7. The fourth-order valence-corrected chi connectivity index (χ4v) is 11.3. The fourth-order valence-electron chi connectivity index (χ4n) is 11.3. The van der Waals surface area contributed by atoms with E-state index in [1.54, 1.807) is 0 Å². The molecular formula is C73H135NO10. The first-order chi connectivity index (χ1) is 41.2. The van der Waals surface area contributed by atoms with Crippen LogP contribution in [0.4, 0.5) is 0 Å². The average Bonchev–Trinajstić information content (AvgIpc) is 3.66. The van der Waals surface area contributed by atoms with Crippen LogP contribution < -0.4 is 5.32 Å². The minimum Gasteiger partial charge on any atom is -0.394 e. The lowest BCUT2D eigenvalue weighted by molar-refractivity contribution is -0.303. The van der Waals surface area contributed by atoms with Crippen molar-refractivity contribution in [2.45, 2.75) is 384 Å².